The first kappa shape index (κ1) is 19.1. The van der Waals surface area contributed by atoms with Crippen LogP contribution in [0.25, 0.3) is 0 Å². The summed E-state index contributed by atoms with van der Waals surface area (Å²) in [7, 11) is 2.65. The maximum absolute atomic E-state index is 11.0. The Bertz CT molecular complexity index is 635. The molecule has 0 aliphatic heterocycles. The van der Waals surface area contributed by atoms with Gasteiger partial charge < -0.3 is 0 Å². The maximum atomic E-state index is 11.0. The van der Waals surface area contributed by atoms with Crippen molar-refractivity contribution in [3.8, 4) is 11.5 Å². The molecule has 0 fully saturated rings. The van der Waals surface area contributed by atoms with Crippen LogP contribution in [0.4, 0.5) is 0 Å². The Morgan fingerprint density at radius 3 is 1.40 bits per heavy atom. The predicted octanol–water partition coefficient (Wildman–Crippen LogP) is 0.445. The zero-order valence-electron chi connectivity index (χ0n) is 13.9. The Morgan fingerprint density at radius 1 is 0.720 bits per heavy atom. The number of carbonyl (C=O) groups excluding carboxylic acids is 2. The third-order valence-corrected chi connectivity index (χ3v) is 5.95. The topological polar surface area (TPSA) is 71.1 Å². The van der Waals surface area contributed by atoms with Crippen molar-refractivity contribution in [3.63, 3.8) is 0 Å². The van der Waals surface area contributed by atoms with E-state index in [-0.39, 0.29) is 13.2 Å². The average Bonchev–Trinajstić information content (AvgIpc) is 2.66. The molecule has 0 saturated carbocycles. The quantitative estimate of drug-likeness (QED) is 0.423. The Hall–Kier alpha value is -2.23. The van der Waals surface area contributed by atoms with E-state index in [1.54, 1.807) is 0 Å². The summed E-state index contributed by atoms with van der Waals surface area (Å²) in [6.07, 6.45) is 0. The van der Waals surface area contributed by atoms with Gasteiger partial charge in [0.2, 0.25) is 0 Å². The van der Waals surface area contributed by atoms with Crippen molar-refractivity contribution in [1.82, 2.24) is 0 Å². The molecule has 2 aromatic carbocycles. The first-order valence-electron chi connectivity index (χ1n) is 7.38. The first-order chi connectivity index (χ1) is 12.1. The van der Waals surface area contributed by atoms with E-state index in [0.717, 1.165) is 0 Å². The van der Waals surface area contributed by atoms with Crippen LogP contribution in [0.5, 0.6) is 11.5 Å². The molecule has 0 N–H and O–H groups in total. The van der Waals surface area contributed by atoms with E-state index in [0.29, 0.717) is 11.5 Å². The van der Waals surface area contributed by atoms with Crippen molar-refractivity contribution in [2.24, 2.45) is 0 Å². The second-order valence-corrected chi connectivity index (χ2v) is 8.05. The standard InChI is InChI=1S/C18H18O6Te/c1-21-17(19)11-23-13-3-7-15(8-4-13)25-16-9-5-14(6-10-16)24-12-18(20)22-2/h3-10H,11-12H2,1-2H3. The molecular formula is C18H18O6Te. The molecule has 132 valence electrons. The van der Waals surface area contributed by atoms with Crippen molar-refractivity contribution in [2.75, 3.05) is 27.4 Å². The van der Waals surface area contributed by atoms with Gasteiger partial charge in [-0.25, -0.2) is 0 Å². The molecule has 0 saturated heterocycles. The molecule has 0 spiro atoms. The van der Waals surface area contributed by atoms with Gasteiger partial charge in [0.1, 0.15) is 0 Å². The van der Waals surface area contributed by atoms with Crippen LogP contribution in [0.1, 0.15) is 0 Å². The number of hydrogen-bond donors (Lipinski definition) is 0. The number of esters is 2. The molecule has 0 amide bonds. The van der Waals surface area contributed by atoms with Gasteiger partial charge in [0.25, 0.3) is 0 Å². The molecule has 0 bridgehead atoms. The van der Waals surface area contributed by atoms with Crippen molar-refractivity contribution >= 4 is 40.1 Å². The molecule has 6 nitrogen and oxygen atoms in total. The Balaban J connectivity index is 1.87. The fourth-order valence-electron chi connectivity index (χ4n) is 1.75. The molecule has 0 radical (unpaired) electrons. The number of hydrogen-bond acceptors (Lipinski definition) is 6. The van der Waals surface area contributed by atoms with Gasteiger partial charge in [-0.05, 0) is 0 Å². The summed E-state index contributed by atoms with van der Waals surface area (Å²) < 4.78 is 22.2. The molecular weight excluding hydrogens is 440 g/mol. The Labute approximate surface area is 156 Å². The molecule has 0 atom stereocenters. The number of ether oxygens (including phenoxy) is 4. The molecule has 0 unspecified atom stereocenters. The van der Waals surface area contributed by atoms with Gasteiger partial charge in [-0.2, -0.15) is 0 Å². The third kappa shape index (κ3) is 6.65. The number of benzene rings is 2. The van der Waals surface area contributed by atoms with Crippen molar-refractivity contribution < 1.29 is 28.5 Å². The fraction of sp³-hybridized carbons (Fsp3) is 0.222. The van der Waals surface area contributed by atoms with Gasteiger partial charge in [0.15, 0.2) is 0 Å². The van der Waals surface area contributed by atoms with E-state index >= 15 is 0 Å². The second-order valence-electron chi connectivity index (χ2n) is 4.77. The van der Waals surface area contributed by atoms with E-state index in [9.17, 15) is 9.59 Å². The van der Waals surface area contributed by atoms with Crippen molar-refractivity contribution in [1.29, 1.82) is 0 Å². The predicted molar refractivity (Wildman–Crippen MR) is 92.9 cm³/mol. The van der Waals surface area contributed by atoms with Crippen LogP contribution in [0, 0.1) is 0 Å². The number of carbonyl (C=O) groups is 2. The van der Waals surface area contributed by atoms with E-state index in [4.69, 9.17) is 9.47 Å². The van der Waals surface area contributed by atoms with Gasteiger partial charge in [-0.1, -0.05) is 0 Å². The van der Waals surface area contributed by atoms with Crippen LogP contribution in [0.3, 0.4) is 0 Å². The SMILES string of the molecule is COC(=O)COc1ccc([Te]c2ccc(OCC(=O)OC)cc2)cc1. The van der Waals surface area contributed by atoms with Crippen molar-refractivity contribution in [3.05, 3.63) is 48.5 Å². The molecule has 25 heavy (non-hydrogen) atoms. The van der Waals surface area contributed by atoms with Crippen LogP contribution in [-0.2, 0) is 19.1 Å². The summed E-state index contributed by atoms with van der Waals surface area (Å²) >= 11 is -0.541. The normalized spacial score (nSPS) is 10.0. The summed E-state index contributed by atoms with van der Waals surface area (Å²) in [4.78, 5) is 22.1. The van der Waals surface area contributed by atoms with E-state index < -0.39 is 32.9 Å². The van der Waals surface area contributed by atoms with Gasteiger partial charge in [0.05, 0.1) is 0 Å². The van der Waals surface area contributed by atoms with Crippen molar-refractivity contribution in [2.45, 2.75) is 0 Å². The molecule has 0 aliphatic rings. The minimum atomic E-state index is -0.541. The molecule has 7 heteroatoms. The van der Waals surface area contributed by atoms with Crippen LogP contribution in [0.15, 0.2) is 48.5 Å². The summed E-state index contributed by atoms with van der Waals surface area (Å²) in [5.74, 6) is 0.445. The molecule has 2 rings (SSSR count). The monoisotopic (exact) mass is 460 g/mol. The van der Waals surface area contributed by atoms with Crippen LogP contribution >= 0.6 is 0 Å². The summed E-state index contributed by atoms with van der Waals surface area (Å²) in [5, 5.41) is 0. The van der Waals surface area contributed by atoms with E-state index in [1.807, 2.05) is 48.5 Å². The van der Waals surface area contributed by atoms with Gasteiger partial charge in [-0.15, -0.1) is 0 Å². The molecule has 0 aromatic heterocycles. The Kier molecular flexibility index (Phi) is 7.58. The summed E-state index contributed by atoms with van der Waals surface area (Å²) in [5.41, 5.74) is 0. The average molecular weight is 458 g/mol. The fourth-order valence-corrected chi connectivity index (χ4v) is 4.08. The van der Waals surface area contributed by atoms with Crippen LogP contribution in [-0.4, -0.2) is 60.3 Å². The van der Waals surface area contributed by atoms with Gasteiger partial charge in [-0.3, -0.25) is 0 Å². The van der Waals surface area contributed by atoms with E-state index in [2.05, 4.69) is 9.47 Å². The second kappa shape index (κ2) is 9.92. The van der Waals surface area contributed by atoms with E-state index in [1.165, 1.54) is 21.4 Å². The summed E-state index contributed by atoms with van der Waals surface area (Å²) in [6, 6.07) is 15.4. The van der Waals surface area contributed by atoms with Gasteiger partial charge in [0, 0.05) is 0 Å². The number of rotatable bonds is 8. The molecule has 2 aromatic rings. The molecule has 0 heterocycles. The summed E-state index contributed by atoms with van der Waals surface area (Å²) in [6.45, 7) is -0.195. The third-order valence-electron chi connectivity index (χ3n) is 3.05. The zero-order chi connectivity index (χ0) is 18.1. The van der Waals surface area contributed by atoms with Gasteiger partial charge >= 0.3 is 156 Å². The minimum absolute atomic E-state index is 0.0976. The van der Waals surface area contributed by atoms with Crippen LogP contribution in [0.2, 0.25) is 0 Å². The first-order valence-corrected chi connectivity index (χ1v) is 9.71. The molecule has 0 aliphatic carbocycles. The zero-order valence-corrected chi connectivity index (χ0v) is 16.2. The Morgan fingerprint density at radius 2 is 1.08 bits per heavy atom. The number of methoxy groups -OCH3 is 2. The van der Waals surface area contributed by atoms with Crippen LogP contribution < -0.4 is 16.7 Å².